The summed E-state index contributed by atoms with van der Waals surface area (Å²) in [6.07, 6.45) is 0.657. The molecule has 0 radical (unpaired) electrons. The minimum Gasteiger partial charge on any atom is -0.493 e. The summed E-state index contributed by atoms with van der Waals surface area (Å²) in [6.45, 7) is 7.64. The van der Waals surface area contributed by atoms with Crippen molar-refractivity contribution in [2.75, 3.05) is 39.7 Å². The number of aryl methyl sites for hydroxylation is 1. The van der Waals surface area contributed by atoms with Gasteiger partial charge in [-0.15, -0.1) is 22.9 Å². The van der Waals surface area contributed by atoms with Crippen molar-refractivity contribution in [3.05, 3.63) is 45.6 Å². The van der Waals surface area contributed by atoms with Crippen molar-refractivity contribution in [2.45, 2.75) is 33.7 Å². The maximum absolute atomic E-state index is 13.3. The fourth-order valence-electron chi connectivity index (χ4n) is 3.39. The molecule has 0 saturated carbocycles. The zero-order valence-corrected chi connectivity index (χ0v) is 21.1. The Hall–Kier alpha value is -2.25. The molecule has 0 aliphatic carbocycles. The summed E-state index contributed by atoms with van der Waals surface area (Å²) in [5, 5.41) is 0. The lowest BCUT2D eigenvalue weighted by atomic mass is 10.1. The van der Waals surface area contributed by atoms with Gasteiger partial charge in [-0.1, -0.05) is 19.9 Å². The maximum atomic E-state index is 13.3. The summed E-state index contributed by atoms with van der Waals surface area (Å²) in [4.78, 5) is 31.2. The number of amides is 2. The van der Waals surface area contributed by atoms with Crippen molar-refractivity contribution in [3.63, 3.8) is 0 Å². The second-order valence-electron chi connectivity index (χ2n) is 8.07. The van der Waals surface area contributed by atoms with Gasteiger partial charge >= 0.3 is 0 Å². The monoisotopic (exact) mass is 480 g/mol. The van der Waals surface area contributed by atoms with Gasteiger partial charge < -0.3 is 19.3 Å². The minimum atomic E-state index is -0.222. The van der Waals surface area contributed by atoms with E-state index in [2.05, 4.69) is 6.07 Å². The average molecular weight is 481 g/mol. The molecule has 0 fully saturated rings. The fraction of sp³-hybridized carbons (Fsp3) is 0.500. The first-order chi connectivity index (χ1) is 15.3. The van der Waals surface area contributed by atoms with Crippen molar-refractivity contribution >= 4 is 34.8 Å². The van der Waals surface area contributed by atoms with Gasteiger partial charge in [-0.05, 0) is 49.1 Å². The molecule has 2 amide bonds. The van der Waals surface area contributed by atoms with Crippen LogP contribution in [-0.2, 0) is 22.6 Å². The number of carbonyl (C=O) groups is 2. The van der Waals surface area contributed by atoms with E-state index in [4.69, 9.17) is 21.1 Å². The molecule has 6 nitrogen and oxygen atoms in total. The molecule has 176 valence electrons. The summed E-state index contributed by atoms with van der Waals surface area (Å²) >= 11 is 7.46. The van der Waals surface area contributed by atoms with Crippen LogP contribution in [0.3, 0.4) is 0 Å². The molecule has 2 rings (SSSR count). The second-order valence-corrected chi connectivity index (χ2v) is 9.71. The summed E-state index contributed by atoms with van der Waals surface area (Å²) in [7, 11) is 3.21. The molecule has 1 heterocycles. The summed E-state index contributed by atoms with van der Waals surface area (Å²) < 4.78 is 10.7. The van der Waals surface area contributed by atoms with Crippen LogP contribution in [0.1, 0.15) is 29.2 Å². The largest absolute Gasteiger partial charge is 0.493 e. The van der Waals surface area contributed by atoms with Gasteiger partial charge in [-0.25, -0.2) is 0 Å². The van der Waals surface area contributed by atoms with E-state index in [9.17, 15) is 9.59 Å². The molecule has 0 N–H and O–H groups in total. The van der Waals surface area contributed by atoms with E-state index in [1.54, 1.807) is 30.5 Å². The van der Waals surface area contributed by atoms with Gasteiger partial charge in [-0.2, -0.15) is 0 Å². The number of benzene rings is 1. The van der Waals surface area contributed by atoms with Crippen LogP contribution in [0.2, 0.25) is 0 Å². The lowest BCUT2D eigenvalue weighted by Gasteiger charge is -2.28. The van der Waals surface area contributed by atoms with E-state index in [1.807, 2.05) is 49.9 Å². The van der Waals surface area contributed by atoms with Crippen LogP contribution in [0.15, 0.2) is 30.3 Å². The van der Waals surface area contributed by atoms with Crippen molar-refractivity contribution in [1.82, 2.24) is 9.80 Å². The lowest BCUT2D eigenvalue weighted by molar-refractivity contribution is -0.140. The molecule has 0 aliphatic heterocycles. The molecule has 0 bridgehead atoms. The van der Waals surface area contributed by atoms with E-state index in [1.165, 1.54) is 4.88 Å². The SMILES string of the molecule is COc1ccc(CCN(Cc2ccc(C)s2)C(=O)CN(CC(C)C)C(=O)CCl)cc1OC. The van der Waals surface area contributed by atoms with Crippen LogP contribution in [-0.4, -0.2) is 61.3 Å². The Labute approximate surface area is 200 Å². The van der Waals surface area contributed by atoms with E-state index >= 15 is 0 Å². The maximum Gasteiger partial charge on any atom is 0.242 e. The summed E-state index contributed by atoms with van der Waals surface area (Å²) in [5.41, 5.74) is 1.04. The Morgan fingerprint density at radius 1 is 1.03 bits per heavy atom. The Bertz CT molecular complexity index is 900. The van der Waals surface area contributed by atoms with Crippen LogP contribution in [0.5, 0.6) is 11.5 Å². The third-order valence-electron chi connectivity index (χ3n) is 4.99. The van der Waals surface area contributed by atoms with Crippen LogP contribution < -0.4 is 9.47 Å². The molecule has 1 aromatic heterocycles. The molecule has 32 heavy (non-hydrogen) atoms. The number of halogens is 1. The van der Waals surface area contributed by atoms with Crippen LogP contribution in [0, 0.1) is 12.8 Å². The number of carbonyl (C=O) groups excluding carboxylic acids is 2. The Morgan fingerprint density at radius 3 is 2.31 bits per heavy atom. The molecule has 8 heteroatoms. The fourth-order valence-corrected chi connectivity index (χ4v) is 4.47. The minimum absolute atomic E-state index is 0.0278. The van der Waals surface area contributed by atoms with E-state index in [-0.39, 0.29) is 30.2 Å². The topological polar surface area (TPSA) is 59.1 Å². The van der Waals surface area contributed by atoms with Crippen molar-refractivity contribution in [2.24, 2.45) is 5.92 Å². The third kappa shape index (κ3) is 7.71. The average Bonchev–Trinajstić information content (AvgIpc) is 3.19. The molecule has 0 spiro atoms. The van der Waals surface area contributed by atoms with Crippen molar-refractivity contribution < 1.29 is 19.1 Å². The Balaban J connectivity index is 2.17. The molecule has 0 atom stereocenters. The van der Waals surface area contributed by atoms with Crippen LogP contribution in [0.4, 0.5) is 0 Å². The molecular formula is C24H33ClN2O4S. The number of ether oxygens (including phenoxy) is 2. The van der Waals surface area contributed by atoms with E-state index in [0.29, 0.717) is 37.6 Å². The Kier molecular flexibility index (Phi) is 10.3. The number of hydrogen-bond acceptors (Lipinski definition) is 5. The highest BCUT2D eigenvalue weighted by atomic mass is 35.5. The van der Waals surface area contributed by atoms with Gasteiger partial charge in [0.2, 0.25) is 11.8 Å². The van der Waals surface area contributed by atoms with Crippen LogP contribution >= 0.6 is 22.9 Å². The van der Waals surface area contributed by atoms with Gasteiger partial charge in [0.15, 0.2) is 11.5 Å². The van der Waals surface area contributed by atoms with E-state index in [0.717, 1.165) is 10.4 Å². The standard InChI is InChI=1S/C24H33ClN2O4S/c1-17(2)14-27(23(28)13-25)16-24(29)26(15-20-8-6-18(3)32-20)11-10-19-7-9-21(30-4)22(12-19)31-5/h6-9,12,17H,10-11,13-16H2,1-5H3. The quantitative estimate of drug-likeness (QED) is 0.423. The number of methoxy groups -OCH3 is 2. The molecule has 2 aromatic rings. The number of hydrogen-bond donors (Lipinski definition) is 0. The zero-order chi connectivity index (χ0) is 23.7. The smallest absolute Gasteiger partial charge is 0.242 e. The second kappa shape index (κ2) is 12.7. The summed E-state index contributed by atoms with van der Waals surface area (Å²) in [5.74, 6) is 1.14. The molecular weight excluding hydrogens is 448 g/mol. The Morgan fingerprint density at radius 2 is 1.75 bits per heavy atom. The highest BCUT2D eigenvalue weighted by molar-refractivity contribution is 7.11. The third-order valence-corrected chi connectivity index (χ3v) is 6.21. The summed E-state index contributed by atoms with van der Waals surface area (Å²) in [6, 6.07) is 9.87. The van der Waals surface area contributed by atoms with Gasteiger partial charge in [0.1, 0.15) is 5.88 Å². The normalized spacial score (nSPS) is 10.8. The van der Waals surface area contributed by atoms with Gasteiger partial charge in [-0.3, -0.25) is 9.59 Å². The number of rotatable bonds is 12. The lowest BCUT2D eigenvalue weighted by Crippen LogP contribution is -2.45. The van der Waals surface area contributed by atoms with Gasteiger partial charge in [0.05, 0.1) is 27.3 Å². The number of alkyl halides is 1. The van der Waals surface area contributed by atoms with E-state index < -0.39 is 0 Å². The molecule has 0 unspecified atom stereocenters. The first-order valence-corrected chi connectivity index (χ1v) is 12.0. The number of nitrogens with zero attached hydrogens (tertiary/aromatic N) is 2. The molecule has 1 aromatic carbocycles. The van der Waals surface area contributed by atoms with Crippen molar-refractivity contribution in [1.29, 1.82) is 0 Å². The predicted octanol–water partition coefficient (Wildman–Crippen LogP) is 4.37. The van der Waals surface area contributed by atoms with Crippen molar-refractivity contribution in [3.8, 4) is 11.5 Å². The predicted molar refractivity (Wildman–Crippen MR) is 130 cm³/mol. The number of thiophene rings is 1. The van der Waals surface area contributed by atoms with Gasteiger partial charge in [0, 0.05) is 22.8 Å². The first-order valence-electron chi connectivity index (χ1n) is 10.6. The van der Waals surface area contributed by atoms with Gasteiger partial charge in [0.25, 0.3) is 0 Å². The zero-order valence-electron chi connectivity index (χ0n) is 19.5. The highest BCUT2D eigenvalue weighted by Crippen LogP contribution is 2.28. The first kappa shape index (κ1) is 26.0. The molecule has 0 saturated heterocycles. The molecule has 0 aliphatic rings. The highest BCUT2D eigenvalue weighted by Gasteiger charge is 2.22. The van der Waals surface area contributed by atoms with Crippen LogP contribution in [0.25, 0.3) is 0 Å².